The van der Waals surface area contributed by atoms with Gasteiger partial charge in [0.25, 0.3) is 0 Å². The standard InChI is InChI=1S/C15H30N2O/c1-2-11-17(12-14-7-3-6-10-16-14)13-15(18)8-4-5-9-15/h14,16,18H,2-13H2,1H3. The molecule has 0 amide bonds. The van der Waals surface area contributed by atoms with Crippen molar-refractivity contribution in [2.24, 2.45) is 0 Å². The van der Waals surface area contributed by atoms with Gasteiger partial charge in [-0.15, -0.1) is 0 Å². The number of nitrogens with zero attached hydrogens (tertiary/aromatic N) is 1. The Morgan fingerprint density at radius 2 is 2.00 bits per heavy atom. The second kappa shape index (κ2) is 6.88. The van der Waals surface area contributed by atoms with Gasteiger partial charge in [-0.05, 0) is 45.2 Å². The highest BCUT2D eigenvalue weighted by Crippen LogP contribution is 2.30. The third-order valence-corrected chi connectivity index (χ3v) is 4.48. The molecule has 1 saturated carbocycles. The third-order valence-electron chi connectivity index (χ3n) is 4.48. The van der Waals surface area contributed by atoms with Crippen LogP contribution in [0.15, 0.2) is 0 Å². The first-order valence-electron chi connectivity index (χ1n) is 7.90. The lowest BCUT2D eigenvalue weighted by Gasteiger charge is -2.35. The minimum atomic E-state index is -0.385. The van der Waals surface area contributed by atoms with Gasteiger partial charge in [0.05, 0.1) is 5.60 Å². The molecule has 0 radical (unpaired) electrons. The summed E-state index contributed by atoms with van der Waals surface area (Å²) in [4.78, 5) is 2.49. The Balaban J connectivity index is 1.82. The molecule has 0 aromatic heterocycles. The Morgan fingerprint density at radius 3 is 2.61 bits per heavy atom. The highest BCUT2D eigenvalue weighted by Gasteiger charge is 2.33. The van der Waals surface area contributed by atoms with Crippen LogP contribution in [0.25, 0.3) is 0 Å². The van der Waals surface area contributed by atoms with Crippen LogP contribution < -0.4 is 5.32 Å². The van der Waals surface area contributed by atoms with Crippen molar-refractivity contribution >= 4 is 0 Å². The van der Waals surface area contributed by atoms with E-state index in [1.165, 1.54) is 45.1 Å². The Kier molecular flexibility index (Phi) is 5.46. The van der Waals surface area contributed by atoms with Gasteiger partial charge in [0.1, 0.15) is 0 Å². The molecule has 1 aliphatic heterocycles. The quantitative estimate of drug-likeness (QED) is 0.762. The van der Waals surface area contributed by atoms with E-state index in [0.29, 0.717) is 6.04 Å². The maximum atomic E-state index is 10.6. The lowest BCUT2D eigenvalue weighted by atomic mass is 10.00. The van der Waals surface area contributed by atoms with E-state index < -0.39 is 0 Å². The lowest BCUT2D eigenvalue weighted by molar-refractivity contribution is 0.00621. The van der Waals surface area contributed by atoms with Gasteiger partial charge in [-0.25, -0.2) is 0 Å². The van der Waals surface area contributed by atoms with Crippen LogP contribution in [0.2, 0.25) is 0 Å². The normalized spacial score (nSPS) is 27.8. The van der Waals surface area contributed by atoms with Crippen molar-refractivity contribution in [3.05, 3.63) is 0 Å². The van der Waals surface area contributed by atoms with Crippen molar-refractivity contribution in [2.75, 3.05) is 26.2 Å². The molecule has 3 heteroatoms. The van der Waals surface area contributed by atoms with Gasteiger partial charge < -0.3 is 10.4 Å². The highest BCUT2D eigenvalue weighted by molar-refractivity contribution is 4.88. The van der Waals surface area contributed by atoms with Crippen LogP contribution >= 0.6 is 0 Å². The fourth-order valence-electron chi connectivity index (χ4n) is 3.55. The Labute approximate surface area is 112 Å². The lowest BCUT2D eigenvalue weighted by Crippen LogP contribution is -2.48. The summed E-state index contributed by atoms with van der Waals surface area (Å²) < 4.78 is 0. The van der Waals surface area contributed by atoms with E-state index in [1.54, 1.807) is 0 Å². The van der Waals surface area contributed by atoms with E-state index in [4.69, 9.17) is 0 Å². The predicted molar refractivity (Wildman–Crippen MR) is 75.8 cm³/mol. The number of piperidine rings is 1. The van der Waals surface area contributed by atoms with Crippen molar-refractivity contribution in [3.63, 3.8) is 0 Å². The Morgan fingerprint density at radius 1 is 1.22 bits per heavy atom. The zero-order valence-corrected chi connectivity index (χ0v) is 12.0. The smallest absolute Gasteiger partial charge is 0.0774 e. The van der Waals surface area contributed by atoms with Crippen LogP contribution in [0.4, 0.5) is 0 Å². The monoisotopic (exact) mass is 254 g/mol. The summed E-state index contributed by atoms with van der Waals surface area (Å²) in [7, 11) is 0. The molecule has 2 N–H and O–H groups in total. The molecule has 1 heterocycles. The first-order chi connectivity index (χ1) is 8.72. The molecule has 1 atom stereocenters. The molecule has 0 bridgehead atoms. The van der Waals surface area contributed by atoms with Crippen molar-refractivity contribution < 1.29 is 5.11 Å². The molecule has 0 aromatic carbocycles. The van der Waals surface area contributed by atoms with Gasteiger partial charge in [-0.3, -0.25) is 4.90 Å². The average molecular weight is 254 g/mol. The SMILES string of the molecule is CCCN(CC1CCCCN1)CC1(O)CCCC1. The highest BCUT2D eigenvalue weighted by atomic mass is 16.3. The number of hydrogen-bond donors (Lipinski definition) is 2. The van der Waals surface area contributed by atoms with Gasteiger partial charge in [0, 0.05) is 19.1 Å². The fraction of sp³-hybridized carbons (Fsp3) is 1.00. The largest absolute Gasteiger partial charge is 0.389 e. The Hall–Kier alpha value is -0.120. The molecular weight excluding hydrogens is 224 g/mol. The van der Waals surface area contributed by atoms with E-state index in [-0.39, 0.29) is 5.60 Å². The van der Waals surface area contributed by atoms with Crippen molar-refractivity contribution in [1.82, 2.24) is 10.2 Å². The molecule has 0 spiro atoms. The molecule has 3 nitrogen and oxygen atoms in total. The summed E-state index contributed by atoms with van der Waals surface area (Å²) >= 11 is 0. The fourth-order valence-corrected chi connectivity index (χ4v) is 3.55. The topological polar surface area (TPSA) is 35.5 Å². The molecule has 2 aliphatic rings. The van der Waals surface area contributed by atoms with Crippen LogP contribution in [0, 0.1) is 0 Å². The van der Waals surface area contributed by atoms with Crippen molar-refractivity contribution in [1.29, 1.82) is 0 Å². The zero-order valence-electron chi connectivity index (χ0n) is 12.0. The van der Waals surface area contributed by atoms with E-state index in [0.717, 1.165) is 32.5 Å². The summed E-state index contributed by atoms with van der Waals surface area (Å²) in [5, 5.41) is 14.2. The van der Waals surface area contributed by atoms with Crippen LogP contribution in [0.5, 0.6) is 0 Å². The van der Waals surface area contributed by atoms with E-state index in [1.807, 2.05) is 0 Å². The maximum absolute atomic E-state index is 10.6. The zero-order chi connectivity index (χ0) is 12.8. The molecule has 1 unspecified atom stereocenters. The second-order valence-corrected chi connectivity index (χ2v) is 6.31. The maximum Gasteiger partial charge on any atom is 0.0774 e. The molecule has 18 heavy (non-hydrogen) atoms. The van der Waals surface area contributed by atoms with Gasteiger partial charge in [0.15, 0.2) is 0 Å². The molecule has 106 valence electrons. The minimum absolute atomic E-state index is 0.385. The average Bonchev–Trinajstić information content (AvgIpc) is 2.77. The summed E-state index contributed by atoms with van der Waals surface area (Å²) in [6.07, 6.45) is 9.60. The Bertz CT molecular complexity index is 233. The first kappa shape index (κ1) is 14.3. The van der Waals surface area contributed by atoms with E-state index >= 15 is 0 Å². The first-order valence-corrected chi connectivity index (χ1v) is 7.90. The summed E-state index contributed by atoms with van der Waals surface area (Å²) in [6, 6.07) is 0.648. The van der Waals surface area contributed by atoms with Crippen molar-refractivity contribution in [2.45, 2.75) is 69.9 Å². The molecule has 2 fully saturated rings. The third kappa shape index (κ3) is 4.22. The van der Waals surface area contributed by atoms with Gasteiger partial charge in [0.2, 0.25) is 0 Å². The number of rotatable bonds is 6. The number of nitrogens with one attached hydrogen (secondary N) is 1. The van der Waals surface area contributed by atoms with E-state index in [9.17, 15) is 5.11 Å². The number of hydrogen-bond acceptors (Lipinski definition) is 3. The molecule has 2 rings (SSSR count). The molecule has 1 aliphatic carbocycles. The summed E-state index contributed by atoms with van der Waals surface area (Å²) in [5.41, 5.74) is -0.385. The number of aliphatic hydroxyl groups is 1. The predicted octanol–water partition coefficient (Wildman–Crippen LogP) is 2.15. The van der Waals surface area contributed by atoms with Crippen molar-refractivity contribution in [3.8, 4) is 0 Å². The molecule has 1 saturated heterocycles. The van der Waals surface area contributed by atoms with Crippen LogP contribution in [-0.2, 0) is 0 Å². The van der Waals surface area contributed by atoms with Gasteiger partial charge in [-0.1, -0.05) is 26.2 Å². The molecule has 0 aromatic rings. The molecular formula is C15H30N2O. The van der Waals surface area contributed by atoms with Crippen LogP contribution in [0.3, 0.4) is 0 Å². The van der Waals surface area contributed by atoms with Gasteiger partial charge >= 0.3 is 0 Å². The van der Waals surface area contributed by atoms with Crippen LogP contribution in [-0.4, -0.2) is 47.8 Å². The second-order valence-electron chi connectivity index (χ2n) is 6.31. The summed E-state index contributed by atoms with van der Waals surface area (Å²) in [5.74, 6) is 0. The van der Waals surface area contributed by atoms with Gasteiger partial charge in [-0.2, -0.15) is 0 Å². The van der Waals surface area contributed by atoms with E-state index in [2.05, 4.69) is 17.1 Å². The minimum Gasteiger partial charge on any atom is -0.389 e. The van der Waals surface area contributed by atoms with Crippen LogP contribution in [0.1, 0.15) is 58.3 Å². The summed E-state index contributed by atoms with van der Waals surface area (Å²) in [6.45, 7) is 6.55.